The van der Waals surface area contributed by atoms with Crippen molar-refractivity contribution in [3.8, 4) is 0 Å². The number of carbonyl (C=O) groups excluding carboxylic acids is 2. The molecule has 7 heteroatoms. The van der Waals surface area contributed by atoms with E-state index in [1.165, 1.54) is 11.0 Å². The molecule has 2 aliphatic heterocycles. The van der Waals surface area contributed by atoms with Gasteiger partial charge in [0.2, 0.25) is 5.91 Å². The number of anilines is 1. The lowest BCUT2D eigenvalue weighted by molar-refractivity contribution is -0.124. The summed E-state index contributed by atoms with van der Waals surface area (Å²) in [5.74, 6) is -0.646. The number of ether oxygens (including phenoxy) is 1. The molecule has 1 aromatic rings. The van der Waals surface area contributed by atoms with Crippen molar-refractivity contribution in [2.24, 2.45) is 5.92 Å². The van der Waals surface area contributed by atoms with Crippen LogP contribution in [-0.4, -0.2) is 43.1 Å². The van der Waals surface area contributed by atoms with Gasteiger partial charge in [-0.05, 0) is 18.2 Å². The van der Waals surface area contributed by atoms with E-state index in [1.807, 2.05) is 0 Å². The van der Waals surface area contributed by atoms with E-state index < -0.39 is 6.03 Å². The molecule has 5 nitrogen and oxygen atoms in total. The van der Waals surface area contributed by atoms with E-state index in [1.54, 1.807) is 19.2 Å². The van der Waals surface area contributed by atoms with Gasteiger partial charge in [0.05, 0.1) is 35.9 Å². The summed E-state index contributed by atoms with van der Waals surface area (Å²) in [6, 6.07) is 4.08. The minimum Gasteiger partial charge on any atom is -0.378 e. The quantitative estimate of drug-likeness (QED) is 0.800. The van der Waals surface area contributed by atoms with Gasteiger partial charge in [-0.25, -0.2) is 9.69 Å². The fraction of sp³-hybridized carbons (Fsp3) is 0.385. The first kappa shape index (κ1) is 13.7. The summed E-state index contributed by atoms with van der Waals surface area (Å²) in [5, 5.41) is 0.722. The first-order chi connectivity index (χ1) is 9.50. The lowest BCUT2D eigenvalue weighted by atomic mass is 9.98. The van der Waals surface area contributed by atoms with Crippen LogP contribution in [0.4, 0.5) is 10.5 Å². The van der Waals surface area contributed by atoms with E-state index in [0.29, 0.717) is 28.9 Å². The van der Waals surface area contributed by atoms with Gasteiger partial charge in [-0.3, -0.25) is 4.79 Å². The standard InChI is InChI=1S/C13H12Cl2N2O3/c1-16-11-6-20-5-8(11)12(18)17(13(16)19)10-4-7(14)2-3-9(10)15/h2-4,8,11H,5-6H2,1H3. The fourth-order valence-corrected chi connectivity index (χ4v) is 2.97. The van der Waals surface area contributed by atoms with Crippen molar-refractivity contribution in [2.75, 3.05) is 25.2 Å². The second-order valence-electron chi connectivity index (χ2n) is 4.87. The van der Waals surface area contributed by atoms with Crippen LogP contribution in [-0.2, 0) is 9.53 Å². The predicted octanol–water partition coefficient (Wildman–Crippen LogP) is 2.41. The number of amides is 3. The van der Waals surface area contributed by atoms with Crippen molar-refractivity contribution < 1.29 is 14.3 Å². The molecule has 2 aliphatic rings. The Labute approximate surface area is 126 Å². The Balaban J connectivity index is 2.05. The van der Waals surface area contributed by atoms with E-state index in [2.05, 4.69) is 0 Å². The van der Waals surface area contributed by atoms with Crippen LogP contribution < -0.4 is 4.90 Å². The van der Waals surface area contributed by atoms with E-state index in [-0.39, 0.29) is 17.9 Å². The molecular formula is C13H12Cl2N2O3. The van der Waals surface area contributed by atoms with Gasteiger partial charge >= 0.3 is 6.03 Å². The predicted molar refractivity (Wildman–Crippen MR) is 75.2 cm³/mol. The lowest BCUT2D eigenvalue weighted by Gasteiger charge is -2.39. The van der Waals surface area contributed by atoms with Crippen molar-refractivity contribution in [1.29, 1.82) is 0 Å². The molecule has 0 aliphatic carbocycles. The third-order valence-corrected chi connectivity index (χ3v) is 4.28. The van der Waals surface area contributed by atoms with E-state index in [0.717, 1.165) is 4.90 Å². The molecule has 0 radical (unpaired) electrons. The molecular weight excluding hydrogens is 303 g/mol. The van der Waals surface area contributed by atoms with Gasteiger partial charge in [-0.1, -0.05) is 23.2 Å². The largest absolute Gasteiger partial charge is 0.378 e. The van der Waals surface area contributed by atoms with Crippen molar-refractivity contribution >= 4 is 40.8 Å². The van der Waals surface area contributed by atoms with Crippen LogP contribution in [0.15, 0.2) is 18.2 Å². The molecule has 2 unspecified atom stereocenters. The number of benzene rings is 1. The number of hydrogen-bond donors (Lipinski definition) is 0. The summed E-state index contributed by atoms with van der Waals surface area (Å²) in [6.07, 6.45) is 0. The minimum atomic E-state index is -0.411. The maximum atomic E-state index is 12.5. The number of nitrogens with zero attached hydrogens (tertiary/aromatic N) is 2. The summed E-state index contributed by atoms with van der Waals surface area (Å²) < 4.78 is 5.32. The van der Waals surface area contributed by atoms with Gasteiger partial charge in [0.1, 0.15) is 0 Å². The van der Waals surface area contributed by atoms with E-state index in [9.17, 15) is 9.59 Å². The number of hydrogen-bond acceptors (Lipinski definition) is 3. The smallest absolute Gasteiger partial charge is 0.331 e. The number of imide groups is 1. The topological polar surface area (TPSA) is 49.9 Å². The Hall–Kier alpha value is -1.30. The first-order valence-electron chi connectivity index (χ1n) is 6.14. The molecule has 0 aromatic heterocycles. The number of halogens is 2. The molecule has 2 fully saturated rings. The number of carbonyl (C=O) groups is 2. The Morgan fingerprint density at radius 1 is 1.25 bits per heavy atom. The van der Waals surface area contributed by atoms with Crippen molar-refractivity contribution in [2.45, 2.75) is 6.04 Å². The van der Waals surface area contributed by atoms with E-state index >= 15 is 0 Å². The van der Waals surface area contributed by atoms with Crippen LogP contribution in [0.1, 0.15) is 0 Å². The van der Waals surface area contributed by atoms with Crippen LogP contribution in [0.25, 0.3) is 0 Å². The van der Waals surface area contributed by atoms with Crippen molar-refractivity contribution in [3.63, 3.8) is 0 Å². The Kier molecular flexibility index (Phi) is 3.36. The second-order valence-corrected chi connectivity index (χ2v) is 5.72. The molecule has 0 bridgehead atoms. The second kappa shape index (κ2) is 4.91. The van der Waals surface area contributed by atoms with Crippen molar-refractivity contribution in [1.82, 2.24) is 4.90 Å². The molecule has 1 aromatic carbocycles. The van der Waals surface area contributed by atoms with Gasteiger partial charge in [-0.2, -0.15) is 0 Å². The van der Waals surface area contributed by atoms with Gasteiger partial charge in [0.25, 0.3) is 0 Å². The molecule has 3 rings (SSSR count). The highest BCUT2D eigenvalue weighted by atomic mass is 35.5. The highest BCUT2D eigenvalue weighted by Gasteiger charge is 2.48. The summed E-state index contributed by atoms with van der Waals surface area (Å²) in [6.45, 7) is 0.700. The van der Waals surface area contributed by atoms with E-state index in [4.69, 9.17) is 27.9 Å². The van der Waals surface area contributed by atoms with Crippen LogP contribution in [0.2, 0.25) is 10.0 Å². The zero-order valence-corrected chi connectivity index (χ0v) is 12.2. The summed E-state index contributed by atoms with van der Waals surface area (Å²) >= 11 is 12.0. The number of urea groups is 1. The zero-order valence-electron chi connectivity index (χ0n) is 10.7. The molecule has 106 valence electrons. The third-order valence-electron chi connectivity index (χ3n) is 3.73. The fourth-order valence-electron chi connectivity index (χ4n) is 2.60. The lowest BCUT2D eigenvalue weighted by Crippen LogP contribution is -2.60. The van der Waals surface area contributed by atoms with Crippen LogP contribution in [0.3, 0.4) is 0 Å². The van der Waals surface area contributed by atoms with Gasteiger partial charge in [-0.15, -0.1) is 0 Å². The monoisotopic (exact) mass is 314 g/mol. The molecule has 20 heavy (non-hydrogen) atoms. The maximum absolute atomic E-state index is 12.5. The first-order valence-corrected chi connectivity index (χ1v) is 6.90. The number of rotatable bonds is 1. The highest BCUT2D eigenvalue weighted by molar-refractivity contribution is 6.37. The normalized spacial score (nSPS) is 26.1. The minimum absolute atomic E-state index is 0.204. The van der Waals surface area contributed by atoms with Gasteiger partial charge in [0, 0.05) is 12.1 Å². The third kappa shape index (κ3) is 1.97. The van der Waals surface area contributed by atoms with Gasteiger partial charge < -0.3 is 9.64 Å². The number of likely N-dealkylation sites (N-methyl/N-ethyl adjacent to an activating group) is 1. The highest BCUT2D eigenvalue weighted by Crippen LogP contribution is 2.35. The van der Waals surface area contributed by atoms with Crippen LogP contribution in [0.5, 0.6) is 0 Å². The molecule has 0 saturated carbocycles. The molecule has 2 saturated heterocycles. The Morgan fingerprint density at radius 2 is 2.00 bits per heavy atom. The zero-order chi connectivity index (χ0) is 14.4. The van der Waals surface area contributed by atoms with Crippen molar-refractivity contribution in [3.05, 3.63) is 28.2 Å². The molecule has 0 spiro atoms. The summed E-state index contributed by atoms with van der Waals surface area (Å²) in [7, 11) is 1.66. The number of fused-ring (bicyclic) bond motifs is 1. The molecule has 3 amide bonds. The van der Waals surface area contributed by atoms with Crippen LogP contribution in [0, 0.1) is 5.92 Å². The average Bonchev–Trinajstić information content (AvgIpc) is 2.90. The molecule has 0 N–H and O–H groups in total. The molecule has 2 heterocycles. The summed E-state index contributed by atoms with van der Waals surface area (Å²) in [5.41, 5.74) is 0.311. The SMILES string of the molecule is CN1C(=O)N(c2cc(Cl)ccc2Cl)C(=O)C2COCC21. The Bertz CT molecular complexity index is 593. The molecule has 2 atom stereocenters. The van der Waals surface area contributed by atoms with Gasteiger partial charge in [0.15, 0.2) is 0 Å². The Morgan fingerprint density at radius 3 is 2.75 bits per heavy atom. The van der Waals surface area contributed by atoms with Crippen LogP contribution >= 0.6 is 23.2 Å². The summed E-state index contributed by atoms with van der Waals surface area (Å²) in [4.78, 5) is 27.6. The average molecular weight is 315 g/mol. The maximum Gasteiger partial charge on any atom is 0.331 e.